The lowest BCUT2D eigenvalue weighted by Gasteiger charge is -2.03. The van der Waals surface area contributed by atoms with Gasteiger partial charge in [-0.25, -0.2) is 0 Å². The van der Waals surface area contributed by atoms with Crippen LogP contribution in [-0.4, -0.2) is 5.91 Å². The van der Waals surface area contributed by atoms with Crippen LogP contribution in [0.2, 0.25) is 0 Å². The highest BCUT2D eigenvalue weighted by atomic mass is 16.1. The van der Waals surface area contributed by atoms with Crippen molar-refractivity contribution in [3.8, 4) is 0 Å². The van der Waals surface area contributed by atoms with Crippen molar-refractivity contribution in [3.05, 3.63) is 0 Å². The minimum absolute atomic E-state index is 0. The van der Waals surface area contributed by atoms with Gasteiger partial charge in [0.1, 0.15) is 0 Å². The Hall–Kier alpha value is -0.530. The second-order valence-corrected chi connectivity index (χ2v) is 4.28. The van der Waals surface area contributed by atoms with E-state index in [-0.39, 0.29) is 30.1 Å². The fourth-order valence-electron chi connectivity index (χ4n) is 1.91. The monoisotopic (exact) mass is 157 g/mol. The van der Waals surface area contributed by atoms with Crippen LogP contribution in [0.25, 0.3) is 0 Å². The Morgan fingerprint density at radius 3 is 1.45 bits per heavy atom. The normalized spacial score (nSPS) is 25.5. The molecule has 1 aliphatic rings. The largest absolute Gasteiger partial charge is 0.369 e. The van der Waals surface area contributed by atoms with Gasteiger partial charge in [-0.2, -0.15) is 0 Å². The Labute approximate surface area is 69.2 Å². The quantitative estimate of drug-likeness (QED) is 0.619. The first-order valence-electron chi connectivity index (χ1n) is 3.61. The summed E-state index contributed by atoms with van der Waals surface area (Å²) >= 11 is 0. The molecular formula is C9H19NO. The van der Waals surface area contributed by atoms with Gasteiger partial charge in [-0.15, -0.1) is 0 Å². The number of carbonyl (C=O) groups is 1. The zero-order valence-corrected chi connectivity index (χ0v) is 7.06. The molecule has 0 bridgehead atoms. The van der Waals surface area contributed by atoms with Crippen molar-refractivity contribution in [3.63, 3.8) is 0 Å². The van der Waals surface area contributed by atoms with Crippen LogP contribution in [-0.2, 0) is 4.79 Å². The maximum Gasteiger partial charge on any atom is 0.221 e. The van der Waals surface area contributed by atoms with Gasteiger partial charge in [-0.05, 0) is 10.8 Å². The van der Waals surface area contributed by atoms with Crippen molar-refractivity contribution >= 4 is 5.91 Å². The molecule has 0 heterocycles. The molecule has 2 nitrogen and oxygen atoms in total. The van der Waals surface area contributed by atoms with E-state index in [4.69, 9.17) is 5.73 Å². The van der Waals surface area contributed by atoms with Crippen LogP contribution >= 0.6 is 0 Å². The summed E-state index contributed by atoms with van der Waals surface area (Å²) < 4.78 is 0. The molecule has 0 atom stereocenters. The molecule has 1 aliphatic carbocycles. The minimum Gasteiger partial charge on any atom is -0.369 e. The lowest BCUT2D eigenvalue weighted by atomic mass is 10.0. The molecular weight excluding hydrogens is 138 g/mol. The lowest BCUT2D eigenvalue weighted by Crippen LogP contribution is -2.17. The number of rotatable bonds is 1. The minimum atomic E-state index is -0.157. The summed E-state index contributed by atoms with van der Waals surface area (Å²) in [6.07, 6.45) is 0. The topological polar surface area (TPSA) is 43.1 Å². The van der Waals surface area contributed by atoms with E-state index < -0.39 is 0 Å². The molecule has 1 amide bonds. The molecule has 0 aromatic rings. The van der Waals surface area contributed by atoms with Crippen LogP contribution in [0.5, 0.6) is 0 Å². The summed E-state index contributed by atoms with van der Waals surface area (Å²) in [4.78, 5) is 10.8. The van der Waals surface area contributed by atoms with Gasteiger partial charge < -0.3 is 5.73 Å². The van der Waals surface area contributed by atoms with Crippen LogP contribution in [0.4, 0.5) is 0 Å². The highest BCUT2D eigenvalue weighted by molar-refractivity contribution is 5.82. The predicted octanol–water partition coefficient (Wildman–Crippen LogP) is 1.79. The number of primary amides is 1. The van der Waals surface area contributed by atoms with Crippen molar-refractivity contribution in [2.24, 2.45) is 22.5 Å². The van der Waals surface area contributed by atoms with E-state index in [0.717, 1.165) is 0 Å². The molecule has 1 fully saturated rings. The highest BCUT2D eigenvalue weighted by Gasteiger charge is 2.67. The van der Waals surface area contributed by atoms with Crippen molar-refractivity contribution < 1.29 is 4.79 Å². The molecule has 1 saturated carbocycles. The second-order valence-electron chi connectivity index (χ2n) is 4.28. The van der Waals surface area contributed by atoms with Gasteiger partial charge in [0, 0.05) is 5.92 Å². The van der Waals surface area contributed by atoms with Gasteiger partial charge in [0.15, 0.2) is 0 Å². The van der Waals surface area contributed by atoms with Crippen LogP contribution in [0.3, 0.4) is 0 Å². The van der Waals surface area contributed by atoms with E-state index in [0.29, 0.717) is 0 Å². The number of hydrogen-bond acceptors (Lipinski definition) is 1. The van der Waals surface area contributed by atoms with Gasteiger partial charge >= 0.3 is 0 Å². The third kappa shape index (κ3) is 1.05. The summed E-state index contributed by atoms with van der Waals surface area (Å²) in [6.45, 7) is 8.34. The van der Waals surface area contributed by atoms with E-state index in [1.165, 1.54) is 0 Å². The lowest BCUT2D eigenvalue weighted by molar-refractivity contribution is -0.120. The molecule has 0 saturated heterocycles. The first-order chi connectivity index (χ1) is 4.32. The summed E-state index contributed by atoms with van der Waals surface area (Å²) in [5, 5.41) is 0. The van der Waals surface area contributed by atoms with E-state index in [9.17, 15) is 4.79 Å². The molecule has 2 heteroatoms. The summed E-state index contributed by atoms with van der Waals surface area (Å²) in [5.41, 5.74) is 5.43. The van der Waals surface area contributed by atoms with Crippen molar-refractivity contribution in [2.45, 2.75) is 35.1 Å². The Morgan fingerprint density at radius 2 is 1.45 bits per heavy atom. The standard InChI is InChI=1S/C8H15NO.CH4/c1-7(2)5(6(9)10)8(7,3)4;/h5H,1-4H3,(H2,9,10);1H4. The maximum absolute atomic E-state index is 10.8. The zero-order chi connectivity index (χ0) is 8.15. The van der Waals surface area contributed by atoms with Crippen molar-refractivity contribution in [1.82, 2.24) is 0 Å². The van der Waals surface area contributed by atoms with Gasteiger partial charge in [0.05, 0.1) is 0 Å². The predicted molar refractivity (Wildman–Crippen MR) is 47.0 cm³/mol. The molecule has 0 unspecified atom stereocenters. The molecule has 2 N–H and O–H groups in total. The van der Waals surface area contributed by atoms with E-state index in [1.807, 2.05) is 0 Å². The molecule has 0 spiro atoms. The van der Waals surface area contributed by atoms with Crippen molar-refractivity contribution in [1.29, 1.82) is 0 Å². The molecule has 0 aromatic carbocycles. The SMILES string of the molecule is C.CC1(C)C(C(N)=O)C1(C)C. The number of hydrogen-bond donors (Lipinski definition) is 1. The summed E-state index contributed by atoms with van der Waals surface area (Å²) in [5.74, 6) is -0.0880. The number of nitrogens with two attached hydrogens (primary N) is 1. The summed E-state index contributed by atoms with van der Waals surface area (Å²) in [6, 6.07) is 0. The van der Waals surface area contributed by atoms with Crippen LogP contribution in [0.15, 0.2) is 0 Å². The van der Waals surface area contributed by atoms with Gasteiger partial charge in [-0.3, -0.25) is 4.79 Å². The Bertz CT molecular complexity index is 168. The second kappa shape index (κ2) is 2.23. The molecule has 66 valence electrons. The first-order valence-corrected chi connectivity index (χ1v) is 3.61. The number of carbonyl (C=O) groups excluding carboxylic acids is 1. The summed E-state index contributed by atoms with van der Waals surface area (Å²) in [7, 11) is 0. The Kier molecular flexibility index (Phi) is 2.12. The molecule has 0 aromatic heterocycles. The van der Waals surface area contributed by atoms with Crippen molar-refractivity contribution in [2.75, 3.05) is 0 Å². The fraction of sp³-hybridized carbons (Fsp3) is 0.889. The molecule has 0 radical (unpaired) electrons. The Morgan fingerprint density at radius 1 is 1.18 bits per heavy atom. The molecule has 11 heavy (non-hydrogen) atoms. The maximum atomic E-state index is 10.8. The first kappa shape index (κ1) is 10.5. The third-order valence-electron chi connectivity index (χ3n) is 3.31. The average molecular weight is 157 g/mol. The van der Waals surface area contributed by atoms with Gasteiger partial charge in [0.2, 0.25) is 5.91 Å². The van der Waals surface area contributed by atoms with Gasteiger partial charge in [0.25, 0.3) is 0 Å². The molecule has 0 aliphatic heterocycles. The average Bonchev–Trinajstić information content (AvgIpc) is 1.97. The van der Waals surface area contributed by atoms with Crippen LogP contribution < -0.4 is 5.73 Å². The highest BCUT2D eigenvalue weighted by Crippen LogP contribution is 2.68. The van der Waals surface area contributed by atoms with Crippen LogP contribution in [0.1, 0.15) is 35.1 Å². The fourth-order valence-corrected chi connectivity index (χ4v) is 1.91. The third-order valence-corrected chi connectivity index (χ3v) is 3.31. The van der Waals surface area contributed by atoms with Gasteiger partial charge in [-0.1, -0.05) is 35.1 Å². The van der Waals surface area contributed by atoms with E-state index in [1.54, 1.807) is 0 Å². The zero-order valence-electron chi connectivity index (χ0n) is 7.06. The van der Waals surface area contributed by atoms with E-state index >= 15 is 0 Å². The molecule has 1 rings (SSSR count). The smallest absolute Gasteiger partial charge is 0.221 e. The van der Waals surface area contributed by atoms with Crippen LogP contribution in [0, 0.1) is 16.7 Å². The Balaban J connectivity index is 0.000001000. The number of amides is 1. The van der Waals surface area contributed by atoms with E-state index in [2.05, 4.69) is 27.7 Å².